The Kier molecular flexibility index (Phi) is 3.22. The van der Waals surface area contributed by atoms with Crippen molar-refractivity contribution in [3.8, 4) is 0 Å². The molecule has 1 saturated heterocycles. The molecule has 0 aromatic carbocycles. The van der Waals surface area contributed by atoms with Gasteiger partial charge in [-0.1, -0.05) is 13.8 Å². The van der Waals surface area contributed by atoms with Gasteiger partial charge in [0.25, 0.3) is 0 Å². The van der Waals surface area contributed by atoms with Crippen molar-refractivity contribution in [2.45, 2.75) is 43.8 Å². The van der Waals surface area contributed by atoms with Crippen LogP contribution in [0, 0.1) is 0 Å². The van der Waals surface area contributed by atoms with Crippen molar-refractivity contribution in [2.75, 3.05) is 29.5 Å². The summed E-state index contributed by atoms with van der Waals surface area (Å²) in [6.07, 6.45) is 3.83. The van der Waals surface area contributed by atoms with Crippen molar-refractivity contribution in [2.24, 2.45) is 0 Å². The zero-order valence-electron chi connectivity index (χ0n) is 11.1. The standard InChI is InChI=1S/C13H21N3S2/c1-13(2)5-6-16(7-8-17-13)12-10(9-3-4-9)11(14)15-18-12/h9H,3-8H2,1-2H3,(H2,14,15). The van der Waals surface area contributed by atoms with E-state index in [4.69, 9.17) is 5.73 Å². The highest BCUT2D eigenvalue weighted by molar-refractivity contribution is 8.00. The van der Waals surface area contributed by atoms with Crippen LogP contribution < -0.4 is 10.6 Å². The molecule has 2 heterocycles. The summed E-state index contributed by atoms with van der Waals surface area (Å²) in [7, 11) is 0. The second kappa shape index (κ2) is 4.60. The van der Waals surface area contributed by atoms with Crippen LogP contribution in [0.15, 0.2) is 0 Å². The molecule has 0 amide bonds. The van der Waals surface area contributed by atoms with Gasteiger partial charge in [0.15, 0.2) is 0 Å². The van der Waals surface area contributed by atoms with Crippen LogP contribution in [0.4, 0.5) is 10.8 Å². The fourth-order valence-electron chi connectivity index (χ4n) is 2.51. The van der Waals surface area contributed by atoms with Crippen LogP contribution in [-0.4, -0.2) is 28.0 Å². The van der Waals surface area contributed by atoms with Gasteiger partial charge in [0.2, 0.25) is 0 Å². The molecule has 100 valence electrons. The zero-order valence-corrected chi connectivity index (χ0v) is 12.7. The third-order valence-electron chi connectivity index (χ3n) is 3.85. The molecule has 5 heteroatoms. The predicted molar refractivity (Wildman–Crippen MR) is 81.9 cm³/mol. The van der Waals surface area contributed by atoms with Gasteiger partial charge in [0.05, 0.1) is 0 Å². The van der Waals surface area contributed by atoms with E-state index in [2.05, 4.69) is 34.9 Å². The van der Waals surface area contributed by atoms with Gasteiger partial charge in [-0.15, -0.1) is 0 Å². The van der Waals surface area contributed by atoms with Gasteiger partial charge in [-0.05, 0) is 36.7 Å². The van der Waals surface area contributed by atoms with Crippen LogP contribution in [0.1, 0.15) is 44.6 Å². The van der Waals surface area contributed by atoms with Crippen LogP contribution in [0.3, 0.4) is 0 Å². The third kappa shape index (κ3) is 2.48. The van der Waals surface area contributed by atoms with E-state index in [9.17, 15) is 0 Å². The number of rotatable bonds is 2. The molecule has 2 aliphatic rings. The second-order valence-corrected chi connectivity index (χ2v) is 8.46. The normalized spacial score (nSPS) is 24.0. The summed E-state index contributed by atoms with van der Waals surface area (Å²) in [5, 5.41) is 1.35. The van der Waals surface area contributed by atoms with Gasteiger partial charge in [0, 0.05) is 29.2 Å². The molecule has 1 aromatic heterocycles. The van der Waals surface area contributed by atoms with Crippen molar-refractivity contribution in [1.29, 1.82) is 0 Å². The highest BCUT2D eigenvalue weighted by Crippen LogP contribution is 2.49. The molecule has 0 atom stereocenters. The number of nitrogen functional groups attached to an aromatic ring is 1. The first-order valence-electron chi connectivity index (χ1n) is 6.71. The van der Waals surface area contributed by atoms with Gasteiger partial charge < -0.3 is 10.6 Å². The van der Waals surface area contributed by atoms with E-state index in [1.807, 2.05) is 0 Å². The summed E-state index contributed by atoms with van der Waals surface area (Å²) in [6, 6.07) is 0. The van der Waals surface area contributed by atoms with Crippen LogP contribution >= 0.6 is 23.3 Å². The maximum absolute atomic E-state index is 6.05. The highest BCUT2D eigenvalue weighted by atomic mass is 32.2. The lowest BCUT2D eigenvalue weighted by Crippen LogP contribution is -2.26. The van der Waals surface area contributed by atoms with Crippen molar-refractivity contribution >= 4 is 34.1 Å². The fourth-order valence-corrected chi connectivity index (χ4v) is 4.56. The summed E-state index contributed by atoms with van der Waals surface area (Å²) in [5.74, 6) is 2.69. The highest BCUT2D eigenvalue weighted by Gasteiger charge is 2.33. The van der Waals surface area contributed by atoms with E-state index in [-0.39, 0.29) is 0 Å². The largest absolute Gasteiger partial charge is 0.383 e. The Hall–Kier alpha value is -0.420. The summed E-state index contributed by atoms with van der Waals surface area (Å²) < 4.78 is 4.80. The maximum Gasteiger partial charge on any atom is 0.142 e. The number of anilines is 2. The van der Waals surface area contributed by atoms with E-state index in [1.54, 1.807) is 11.5 Å². The molecule has 0 spiro atoms. The first-order chi connectivity index (χ1) is 8.57. The van der Waals surface area contributed by atoms with Gasteiger partial charge in [0.1, 0.15) is 10.8 Å². The molecule has 1 aliphatic carbocycles. The summed E-state index contributed by atoms with van der Waals surface area (Å²) in [4.78, 5) is 2.52. The number of nitrogens with two attached hydrogens (primary N) is 1. The average molecular weight is 283 g/mol. The van der Waals surface area contributed by atoms with E-state index < -0.39 is 0 Å². The van der Waals surface area contributed by atoms with Gasteiger partial charge in [-0.3, -0.25) is 0 Å². The Morgan fingerprint density at radius 3 is 2.83 bits per heavy atom. The van der Waals surface area contributed by atoms with Crippen LogP contribution in [-0.2, 0) is 0 Å². The summed E-state index contributed by atoms with van der Waals surface area (Å²) in [6.45, 7) is 6.98. The molecular weight excluding hydrogens is 262 g/mol. The van der Waals surface area contributed by atoms with Crippen molar-refractivity contribution in [3.05, 3.63) is 5.56 Å². The molecule has 2 N–H and O–H groups in total. The second-order valence-electron chi connectivity index (χ2n) is 5.91. The Labute approximate surface area is 117 Å². The van der Waals surface area contributed by atoms with Crippen LogP contribution in [0.2, 0.25) is 0 Å². The Morgan fingerprint density at radius 1 is 1.33 bits per heavy atom. The first-order valence-corrected chi connectivity index (χ1v) is 8.47. The Balaban J connectivity index is 1.82. The third-order valence-corrected chi connectivity index (χ3v) is 6.16. The molecule has 1 saturated carbocycles. The smallest absolute Gasteiger partial charge is 0.142 e. The Morgan fingerprint density at radius 2 is 2.11 bits per heavy atom. The molecule has 0 unspecified atom stereocenters. The molecular formula is C13H21N3S2. The monoisotopic (exact) mass is 283 g/mol. The van der Waals surface area contributed by atoms with Crippen molar-refractivity contribution < 1.29 is 0 Å². The van der Waals surface area contributed by atoms with E-state index in [0.29, 0.717) is 10.7 Å². The molecule has 3 rings (SSSR count). The number of hydrogen-bond acceptors (Lipinski definition) is 5. The van der Waals surface area contributed by atoms with Crippen molar-refractivity contribution in [1.82, 2.24) is 4.37 Å². The molecule has 18 heavy (non-hydrogen) atoms. The number of thioether (sulfide) groups is 1. The summed E-state index contributed by atoms with van der Waals surface area (Å²) in [5.41, 5.74) is 7.40. The number of nitrogens with zero attached hydrogens (tertiary/aromatic N) is 2. The SMILES string of the molecule is CC1(C)CCN(c2snc(N)c2C2CC2)CCS1. The van der Waals surface area contributed by atoms with Gasteiger partial charge in [-0.2, -0.15) is 16.1 Å². The van der Waals surface area contributed by atoms with Gasteiger partial charge in [-0.25, -0.2) is 0 Å². The van der Waals surface area contributed by atoms with Gasteiger partial charge >= 0.3 is 0 Å². The number of aromatic nitrogens is 1. The average Bonchev–Trinajstić information content (AvgIpc) is 3.08. The minimum Gasteiger partial charge on any atom is -0.383 e. The fraction of sp³-hybridized carbons (Fsp3) is 0.769. The number of hydrogen-bond donors (Lipinski definition) is 1. The summed E-state index contributed by atoms with van der Waals surface area (Å²) >= 11 is 3.69. The van der Waals surface area contributed by atoms with E-state index in [0.717, 1.165) is 18.9 Å². The van der Waals surface area contributed by atoms with Crippen molar-refractivity contribution in [3.63, 3.8) is 0 Å². The lowest BCUT2D eigenvalue weighted by molar-refractivity contribution is 0.638. The first kappa shape index (κ1) is 12.6. The lowest BCUT2D eigenvalue weighted by atomic mass is 10.1. The molecule has 3 nitrogen and oxygen atoms in total. The Bertz CT molecular complexity index is 437. The molecule has 0 radical (unpaired) electrons. The quantitative estimate of drug-likeness (QED) is 0.904. The maximum atomic E-state index is 6.05. The van der Waals surface area contributed by atoms with Crippen LogP contribution in [0.5, 0.6) is 0 Å². The van der Waals surface area contributed by atoms with E-state index >= 15 is 0 Å². The molecule has 2 fully saturated rings. The predicted octanol–water partition coefficient (Wildman–Crippen LogP) is 3.32. The zero-order chi connectivity index (χ0) is 12.8. The van der Waals surface area contributed by atoms with E-state index in [1.165, 1.54) is 35.6 Å². The topological polar surface area (TPSA) is 42.2 Å². The molecule has 1 aliphatic heterocycles. The molecule has 0 bridgehead atoms. The van der Waals surface area contributed by atoms with Crippen LogP contribution in [0.25, 0.3) is 0 Å². The minimum atomic E-state index is 0.407. The molecule has 1 aromatic rings. The lowest BCUT2D eigenvalue weighted by Gasteiger charge is -2.23. The minimum absolute atomic E-state index is 0.407.